The zero-order valence-electron chi connectivity index (χ0n) is 11.3. The van der Waals surface area contributed by atoms with Gasteiger partial charge in [-0.25, -0.2) is 9.97 Å². The van der Waals surface area contributed by atoms with Gasteiger partial charge in [-0.2, -0.15) is 0 Å². The van der Waals surface area contributed by atoms with E-state index in [1.807, 2.05) is 31.2 Å². The van der Waals surface area contributed by atoms with E-state index < -0.39 is 0 Å². The number of aromatic nitrogens is 2. The number of methoxy groups -OCH3 is 1. The van der Waals surface area contributed by atoms with Gasteiger partial charge in [0.15, 0.2) is 0 Å². The molecule has 19 heavy (non-hydrogen) atoms. The van der Waals surface area contributed by atoms with Crippen LogP contribution in [-0.2, 0) is 0 Å². The molecule has 1 aromatic carbocycles. The highest BCUT2D eigenvalue weighted by molar-refractivity contribution is 7.99. The van der Waals surface area contributed by atoms with E-state index in [0.717, 1.165) is 33.6 Å². The highest BCUT2D eigenvalue weighted by Gasteiger charge is 2.10. The topological polar surface area (TPSA) is 47.0 Å². The van der Waals surface area contributed by atoms with Gasteiger partial charge in [-0.3, -0.25) is 0 Å². The maximum Gasteiger partial charge on any atom is 0.133 e. The normalized spacial score (nSPS) is 10.3. The van der Waals surface area contributed by atoms with Gasteiger partial charge in [0, 0.05) is 12.1 Å². The molecule has 0 saturated heterocycles. The van der Waals surface area contributed by atoms with Crippen molar-refractivity contribution in [1.29, 1.82) is 0 Å². The third-order valence-corrected chi connectivity index (χ3v) is 3.82. The largest absolute Gasteiger partial charge is 0.496 e. The fourth-order valence-corrected chi connectivity index (χ4v) is 2.65. The van der Waals surface area contributed by atoms with Crippen LogP contribution in [0.15, 0.2) is 40.5 Å². The monoisotopic (exact) mass is 275 g/mol. The first-order valence-corrected chi connectivity index (χ1v) is 6.94. The van der Waals surface area contributed by atoms with Gasteiger partial charge < -0.3 is 10.1 Å². The molecule has 0 unspecified atom stereocenters. The van der Waals surface area contributed by atoms with Crippen molar-refractivity contribution < 1.29 is 4.74 Å². The SMILES string of the molecule is CCNc1ncnc(Sc2ccccc2OC)c1C. The smallest absolute Gasteiger partial charge is 0.133 e. The standard InChI is InChI=1S/C14H17N3OS/c1-4-15-13-10(2)14(17-9-16-13)19-12-8-6-5-7-11(12)18-3/h5-9H,4H2,1-3H3,(H,15,16,17). The summed E-state index contributed by atoms with van der Waals surface area (Å²) in [5.41, 5.74) is 1.06. The summed E-state index contributed by atoms with van der Waals surface area (Å²) in [6, 6.07) is 7.93. The summed E-state index contributed by atoms with van der Waals surface area (Å²) in [7, 11) is 1.68. The predicted molar refractivity (Wildman–Crippen MR) is 78.0 cm³/mol. The van der Waals surface area contributed by atoms with Gasteiger partial charge in [0.2, 0.25) is 0 Å². The van der Waals surface area contributed by atoms with E-state index in [1.54, 1.807) is 25.2 Å². The van der Waals surface area contributed by atoms with Gasteiger partial charge in [-0.15, -0.1) is 0 Å². The molecule has 4 nitrogen and oxygen atoms in total. The Kier molecular flexibility index (Phi) is 4.63. The van der Waals surface area contributed by atoms with Crippen molar-refractivity contribution in [2.24, 2.45) is 0 Å². The second kappa shape index (κ2) is 6.43. The number of para-hydroxylation sites is 1. The first-order chi connectivity index (χ1) is 9.26. The minimum absolute atomic E-state index is 0.844. The summed E-state index contributed by atoms with van der Waals surface area (Å²) >= 11 is 1.59. The molecule has 0 fully saturated rings. The number of nitrogens with zero attached hydrogens (tertiary/aromatic N) is 2. The lowest BCUT2D eigenvalue weighted by Gasteiger charge is -2.11. The number of rotatable bonds is 5. The van der Waals surface area contributed by atoms with E-state index in [9.17, 15) is 0 Å². The van der Waals surface area contributed by atoms with E-state index in [1.165, 1.54) is 0 Å². The number of benzene rings is 1. The lowest BCUT2D eigenvalue weighted by molar-refractivity contribution is 0.405. The Balaban J connectivity index is 2.30. The number of hydrogen-bond donors (Lipinski definition) is 1. The summed E-state index contributed by atoms with van der Waals surface area (Å²) in [5, 5.41) is 4.18. The third kappa shape index (κ3) is 3.17. The van der Waals surface area contributed by atoms with Gasteiger partial charge in [0.1, 0.15) is 22.9 Å². The first-order valence-electron chi connectivity index (χ1n) is 6.12. The Bertz CT molecular complexity index is 560. The fraction of sp³-hybridized carbons (Fsp3) is 0.286. The van der Waals surface area contributed by atoms with Crippen molar-refractivity contribution in [3.05, 3.63) is 36.2 Å². The van der Waals surface area contributed by atoms with Gasteiger partial charge >= 0.3 is 0 Å². The molecule has 100 valence electrons. The predicted octanol–water partition coefficient (Wildman–Crippen LogP) is 3.38. The van der Waals surface area contributed by atoms with Crippen molar-refractivity contribution in [1.82, 2.24) is 9.97 Å². The molecular weight excluding hydrogens is 258 g/mol. The quantitative estimate of drug-likeness (QED) is 0.848. The Hall–Kier alpha value is -1.75. The van der Waals surface area contributed by atoms with Crippen LogP contribution < -0.4 is 10.1 Å². The molecular formula is C14H17N3OS. The molecule has 0 bridgehead atoms. The molecule has 2 rings (SSSR count). The first kappa shape index (κ1) is 13.7. The van der Waals surface area contributed by atoms with E-state index in [4.69, 9.17) is 4.74 Å². The van der Waals surface area contributed by atoms with Crippen molar-refractivity contribution in [2.75, 3.05) is 19.0 Å². The molecule has 0 aliphatic rings. The average molecular weight is 275 g/mol. The Morgan fingerprint density at radius 1 is 1.26 bits per heavy atom. The second-order valence-electron chi connectivity index (χ2n) is 3.94. The summed E-state index contributed by atoms with van der Waals surface area (Å²) in [6.07, 6.45) is 1.59. The maximum atomic E-state index is 5.36. The molecule has 1 N–H and O–H groups in total. The lowest BCUT2D eigenvalue weighted by Crippen LogP contribution is -2.03. The van der Waals surface area contributed by atoms with Crippen LogP contribution in [0.5, 0.6) is 5.75 Å². The third-order valence-electron chi connectivity index (χ3n) is 2.66. The number of hydrogen-bond acceptors (Lipinski definition) is 5. The molecule has 0 aliphatic carbocycles. The van der Waals surface area contributed by atoms with Gasteiger partial charge in [-0.05, 0) is 26.0 Å². The van der Waals surface area contributed by atoms with Crippen LogP contribution >= 0.6 is 11.8 Å². The van der Waals surface area contributed by atoms with Crippen molar-refractivity contribution in [3.63, 3.8) is 0 Å². The molecule has 0 aliphatic heterocycles. The van der Waals surface area contributed by atoms with E-state index in [-0.39, 0.29) is 0 Å². The van der Waals surface area contributed by atoms with Crippen LogP contribution in [0.2, 0.25) is 0 Å². The molecule has 0 radical (unpaired) electrons. The van der Waals surface area contributed by atoms with Crippen molar-refractivity contribution >= 4 is 17.6 Å². The summed E-state index contributed by atoms with van der Waals surface area (Å²) in [6.45, 7) is 4.92. The van der Waals surface area contributed by atoms with Gasteiger partial charge in [0.05, 0.1) is 12.0 Å². The van der Waals surface area contributed by atoms with Crippen LogP contribution in [0.3, 0.4) is 0 Å². The molecule has 1 heterocycles. The molecule has 2 aromatic rings. The van der Waals surface area contributed by atoms with Crippen LogP contribution in [0.25, 0.3) is 0 Å². The number of anilines is 1. The lowest BCUT2D eigenvalue weighted by atomic mass is 10.3. The Morgan fingerprint density at radius 2 is 2.05 bits per heavy atom. The summed E-state index contributed by atoms with van der Waals surface area (Å²) in [4.78, 5) is 9.64. The molecule has 0 atom stereocenters. The maximum absolute atomic E-state index is 5.36. The summed E-state index contributed by atoms with van der Waals surface area (Å²) < 4.78 is 5.36. The Morgan fingerprint density at radius 3 is 2.79 bits per heavy atom. The molecule has 0 amide bonds. The van der Waals surface area contributed by atoms with Gasteiger partial charge in [-0.1, -0.05) is 23.9 Å². The van der Waals surface area contributed by atoms with E-state index >= 15 is 0 Å². The molecule has 1 aromatic heterocycles. The highest BCUT2D eigenvalue weighted by atomic mass is 32.2. The average Bonchev–Trinajstić information content (AvgIpc) is 2.44. The van der Waals surface area contributed by atoms with Crippen molar-refractivity contribution in [3.8, 4) is 5.75 Å². The van der Waals surface area contributed by atoms with E-state index in [0.29, 0.717) is 0 Å². The zero-order chi connectivity index (χ0) is 13.7. The molecule has 5 heteroatoms. The number of ether oxygens (including phenoxy) is 1. The number of nitrogens with one attached hydrogen (secondary N) is 1. The van der Waals surface area contributed by atoms with E-state index in [2.05, 4.69) is 22.2 Å². The zero-order valence-corrected chi connectivity index (χ0v) is 12.1. The van der Waals surface area contributed by atoms with Crippen LogP contribution in [-0.4, -0.2) is 23.6 Å². The van der Waals surface area contributed by atoms with Crippen LogP contribution in [0.1, 0.15) is 12.5 Å². The van der Waals surface area contributed by atoms with Crippen molar-refractivity contribution in [2.45, 2.75) is 23.8 Å². The van der Waals surface area contributed by atoms with Crippen LogP contribution in [0, 0.1) is 6.92 Å². The second-order valence-corrected chi connectivity index (χ2v) is 4.97. The summed E-state index contributed by atoms with van der Waals surface area (Å²) in [5.74, 6) is 1.74. The molecule has 0 spiro atoms. The molecule has 0 saturated carbocycles. The Labute approximate surface area is 117 Å². The minimum Gasteiger partial charge on any atom is -0.496 e. The van der Waals surface area contributed by atoms with Crippen LogP contribution in [0.4, 0.5) is 5.82 Å². The minimum atomic E-state index is 0.844. The fourth-order valence-electron chi connectivity index (χ4n) is 1.69. The van der Waals surface area contributed by atoms with Gasteiger partial charge in [0.25, 0.3) is 0 Å². The highest BCUT2D eigenvalue weighted by Crippen LogP contribution is 2.36.